The van der Waals surface area contributed by atoms with Crippen molar-refractivity contribution in [3.05, 3.63) is 92.4 Å². The Morgan fingerprint density at radius 1 is 0.935 bits per heavy atom. The van der Waals surface area contributed by atoms with Crippen LogP contribution < -0.4 is 14.9 Å². The topological polar surface area (TPSA) is 77.0 Å². The van der Waals surface area contributed by atoms with Gasteiger partial charge in [-0.25, -0.2) is 10.2 Å². The van der Waals surface area contributed by atoms with Gasteiger partial charge in [-0.05, 0) is 73.7 Å². The van der Waals surface area contributed by atoms with Crippen molar-refractivity contribution in [2.24, 2.45) is 5.10 Å². The van der Waals surface area contributed by atoms with Gasteiger partial charge in [0.2, 0.25) is 0 Å². The fourth-order valence-corrected chi connectivity index (χ4v) is 3.20. The molecule has 0 aliphatic carbocycles. The fourth-order valence-electron chi connectivity index (χ4n) is 2.55. The van der Waals surface area contributed by atoms with Crippen molar-refractivity contribution in [3.63, 3.8) is 0 Å². The Bertz CT molecular complexity index is 1100. The molecule has 1 N–H and O–H groups in total. The summed E-state index contributed by atoms with van der Waals surface area (Å²) >= 11 is 6.71. The van der Waals surface area contributed by atoms with E-state index in [-0.39, 0.29) is 5.91 Å². The zero-order valence-electron chi connectivity index (χ0n) is 16.5. The number of hydrogen-bond acceptors (Lipinski definition) is 5. The molecule has 0 aromatic heterocycles. The number of esters is 1. The Balaban J connectivity index is 1.71. The standard InChI is InChI=1S/C23H18Br2N2O4/c1-2-30-20-10-5-16(6-11-20)23(29)31-21-12-9-19(25)13-17(21)14-26-27-22(28)15-3-7-18(24)8-4-15/h3-14H,2H2,1H3,(H,27,28)/b26-14-. The van der Waals surface area contributed by atoms with Crippen LogP contribution in [0, 0.1) is 0 Å². The maximum atomic E-state index is 12.5. The number of halogens is 2. The molecule has 1 amide bonds. The molecule has 0 radical (unpaired) electrons. The van der Waals surface area contributed by atoms with Gasteiger partial charge < -0.3 is 9.47 Å². The lowest BCUT2D eigenvalue weighted by atomic mass is 10.2. The summed E-state index contributed by atoms with van der Waals surface area (Å²) < 4.78 is 12.6. The second kappa shape index (κ2) is 10.9. The number of benzene rings is 3. The normalized spacial score (nSPS) is 10.7. The van der Waals surface area contributed by atoms with Crippen LogP contribution in [0.5, 0.6) is 11.5 Å². The van der Waals surface area contributed by atoms with Gasteiger partial charge in [0.25, 0.3) is 5.91 Å². The molecule has 0 unspecified atom stereocenters. The first-order chi connectivity index (χ1) is 15.0. The SMILES string of the molecule is CCOc1ccc(C(=O)Oc2ccc(Br)cc2/C=N\NC(=O)c2ccc(Br)cc2)cc1. The number of carbonyl (C=O) groups is 2. The van der Waals surface area contributed by atoms with Crippen LogP contribution in [-0.2, 0) is 0 Å². The van der Waals surface area contributed by atoms with E-state index in [0.717, 1.165) is 8.95 Å². The second-order valence-corrected chi connectivity index (χ2v) is 8.07. The third kappa shape index (κ3) is 6.50. The van der Waals surface area contributed by atoms with Gasteiger partial charge in [0.1, 0.15) is 11.5 Å². The summed E-state index contributed by atoms with van der Waals surface area (Å²) in [5.41, 5.74) is 3.84. The number of hydrogen-bond donors (Lipinski definition) is 1. The van der Waals surface area contributed by atoms with Crippen molar-refractivity contribution in [1.82, 2.24) is 5.43 Å². The highest BCUT2D eigenvalue weighted by molar-refractivity contribution is 9.10. The summed E-state index contributed by atoms with van der Waals surface area (Å²) in [6.45, 7) is 2.43. The van der Waals surface area contributed by atoms with Gasteiger partial charge in [-0.1, -0.05) is 31.9 Å². The van der Waals surface area contributed by atoms with Gasteiger partial charge in [0.15, 0.2) is 0 Å². The monoisotopic (exact) mass is 544 g/mol. The first kappa shape index (κ1) is 22.7. The van der Waals surface area contributed by atoms with E-state index in [0.29, 0.717) is 34.8 Å². The molecule has 8 heteroatoms. The number of ether oxygens (including phenoxy) is 2. The quantitative estimate of drug-likeness (QED) is 0.182. The van der Waals surface area contributed by atoms with Crippen LogP contribution in [0.1, 0.15) is 33.2 Å². The van der Waals surface area contributed by atoms with Gasteiger partial charge in [-0.2, -0.15) is 5.10 Å². The van der Waals surface area contributed by atoms with E-state index in [1.54, 1.807) is 66.7 Å². The lowest BCUT2D eigenvalue weighted by Crippen LogP contribution is -2.17. The number of nitrogens with zero attached hydrogens (tertiary/aromatic N) is 1. The third-order valence-electron chi connectivity index (χ3n) is 4.05. The van der Waals surface area contributed by atoms with Crippen molar-refractivity contribution < 1.29 is 19.1 Å². The lowest BCUT2D eigenvalue weighted by molar-refractivity contribution is 0.0734. The smallest absolute Gasteiger partial charge is 0.343 e. The van der Waals surface area contributed by atoms with Gasteiger partial charge in [-0.3, -0.25) is 4.79 Å². The molecule has 6 nitrogen and oxygen atoms in total. The molecule has 0 spiro atoms. The van der Waals surface area contributed by atoms with Gasteiger partial charge in [0.05, 0.1) is 18.4 Å². The minimum absolute atomic E-state index is 0.309. The highest BCUT2D eigenvalue weighted by Gasteiger charge is 2.12. The molecule has 158 valence electrons. The van der Waals surface area contributed by atoms with E-state index in [2.05, 4.69) is 42.4 Å². The van der Waals surface area contributed by atoms with Crippen LogP contribution in [0.25, 0.3) is 0 Å². The van der Waals surface area contributed by atoms with Crippen LogP contribution >= 0.6 is 31.9 Å². The van der Waals surface area contributed by atoms with E-state index >= 15 is 0 Å². The summed E-state index contributed by atoms with van der Waals surface area (Å²) in [6, 6.07) is 18.7. The highest BCUT2D eigenvalue weighted by Crippen LogP contribution is 2.23. The van der Waals surface area contributed by atoms with Crippen molar-refractivity contribution >= 4 is 50.0 Å². The summed E-state index contributed by atoms with van der Waals surface area (Å²) in [5.74, 6) is 0.117. The number of carbonyl (C=O) groups excluding carboxylic acids is 2. The molecule has 0 aliphatic rings. The molecule has 0 fully saturated rings. The zero-order valence-corrected chi connectivity index (χ0v) is 19.6. The zero-order chi connectivity index (χ0) is 22.2. The predicted molar refractivity (Wildman–Crippen MR) is 126 cm³/mol. The summed E-state index contributed by atoms with van der Waals surface area (Å²) in [6.07, 6.45) is 1.42. The highest BCUT2D eigenvalue weighted by atomic mass is 79.9. The predicted octanol–water partition coefficient (Wildman–Crippen LogP) is 5.59. The molecular weight excluding hydrogens is 528 g/mol. The van der Waals surface area contributed by atoms with E-state index in [9.17, 15) is 9.59 Å². The average molecular weight is 546 g/mol. The summed E-state index contributed by atoms with van der Waals surface area (Å²) in [5, 5.41) is 3.99. The Kier molecular flexibility index (Phi) is 7.97. The molecule has 0 atom stereocenters. The largest absolute Gasteiger partial charge is 0.494 e. The van der Waals surface area contributed by atoms with Crippen LogP contribution in [0.4, 0.5) is 0 Å². The molecule has 0 aliphatic heterocycles. The molecule has 3 aromatic carbocycles. The fraction of sp³-hybridized carbons (Fsp3) is 0.0870. The Labute approximate surface area is 196 Å². The molecule has 0 saturated heterocycles. The van der Waals surface area contributed by atoms with Crippen molar-refractivity contribution in [3.8, 4) is 11.5 Å². The molecular formula is C23H18Br2N2O4. The minimum Gasteiger partial charge on any atom is -0.494 e. The summed E-state index contributed by atoms with van der Waals surface area (Å²) in [4.78, 5) is 24.7. The molecule has 3 rings (SSSR count). The molecule has 0 heterocycles. The average Bonchev–Trinajstić information content (AvgIpc) is 2.76. The molecule has 0 bridgehead atoms. The van der Waals surface area contributed by atoms with Gasteiger partial charge >= 0.3 is 5.97 Å². The van der Waals surface area contributed by atoms with Crippen LogP contribution in [0.15, 0.2) is 80.8 Å². The van der Waals surface area contributed by atoms with Crippen LogP contribution in [-0.4, -0.2) is 24.7 Å². The first-order valence-electron chi connectivity index (χ1n) is 9.30. The van der Waals surface area contributed by atoms with Gasteiger partial charge in [-0.15, -0.1) is 0 Å². The number of rotatable bonds is 7. The Morgan fingerprint density at radius 3 is 2.26 bits per heavy atom. The van der Waals surface area contributed by atoms with E-state index < -0.39 is 5.97 Å². The number of amides is 1. The Morgan fingerprint density at radius 2 is 1.58 bits per heavy atom. The first-order valence-corrected chi connectivity index (χ1v) is 10.9. The molecule has 31 heavy (non-hydrogen) atoms. The summed E-state index contributed by atoms with van der Waals surface area (Å²) in [7, 11) is 0. The third-order valence-corrected chi connectivity index (χ3v) is 5.07. The van der Waals surface area contributed by atoms with Crippen LogP contribution in [0.3, 0.4) is 0 Å². The maximum absolute atomic E-state index is 12.5. The Hall–Kier alpha value is -2.97. The van der Waals surface area contributed by atoms with Gasteiger partial charge in [0, 0.05) is 20.1 Å². The van der Waals surface area contributed by atoms with Crippen molar-refractivity contribution in [2.75, 3.05) is 6.61 Å². The molecule has 0 saturated carbocycles. The number of nitrogens with one attached hydrogen (secondary N) is 1. The molecule has 3 aromatic rings. The van der Waals surface area contributed by atoms with E-state index in [1.807, 2.05) is 6.92 Å². The van der Waals surface area contributed by atoms with Crippen LogP contribution in [0.2, 0.25) is 0 Å². The van der Waals surface area contributed by atoms with Crippen molar-refractivity contribution in [1.29, 1.82) is 0 Å². The maximum Gasteiger partial charge on any atom is 0.343 e. The lowest BCUT2D eigenvalue weighted by Gasteiger charge is -2.09. The minimum atomic E-state index is -0.515. The number of hydrazone groups is 1. The second-order valence-electron chi connectivity index (χ2n) is 6.24. The van der Waals surface area contributed by atoms with E-state index in [1.165, 1.54) is 6.21 Å². The van der Waals surface area contributed by atoms with E-state index in [4.69, 9.17) is 9.47 Å². The van der Waals surface area contributed by atoms with Crippen molar-refractivity contribution in [2.45, 2.75) is 6.92 Å².